The van der Waals surface area contributed by atoms with Crippen LogP contribution in [-0.2, 0) is 27.8 Å². The summed E-state index contributed by atoms with van der Waals surface area (Å²) in [5.74, 6) is -1.13. The van der Waals surface area contributed by atoms with E-state index in [1.165, 1.54) is 0 Å². The molecule has 1 aliphatic heterocycles. The average molecular weight is 351 g/mol. The Bertz CT molecular complexity index is 620. The van der Waals surface area contributed by atoms with E-state index in [4.69, 9.17) is 9.84 Å². The van der Waals surface area contributed by atoms with E-state index in [2.05, 4.69) is 5.10 Å². The second kappa shape index (κ2) is 8.47. The zero-order valence-corrected chi connectivity index (χ0v) is 15.6. The van der Waals surface area contributed by atoms with E-state index in [0.29, 0.717) is 13.0 Å². The van der Waals surface area contributed by atoms with Gasteiger partial charge in [-0.2, -0.15) is 5.10 Å². The number of amides is 1. The average Bonchev–Trinajstić information content (AvgIpc) is 3.14. The number of carboxylic acid groups (broad SMARTS) is 1. The van der Waals surface area contributed by atoms with Gasteiger partial charge in [0.2, 0.25) is 5.91 Å². The van der Waals surface area contributed by atoms with Crippen LogP contribution >= 0.6 is 0 Å². The summed E-state index contributed by atoms with van der Waals surface area (Å²) < 4.78 is 7.46. The summed E-state index contributed by atoms with van der Waals surface area (Å²) >= 11 is 0. The molecular formula is C18H29N3O4. The number of aromatic nitrogens is 2. The summed E-state index contributed by atoms with van der Waals surface area (Å²) in [4.78, 5) is 25.5. The molecule has 0 aromatic carbocycles. The molecule has 0 radical (unpaired) electrons. The van der Waals surface area contributed by atoms with Crippen molar-refractivity contribution in [1.82, 2.24) is 14.7 Å². The van der Waals surface area contributed by atoms with E-state index in [1.54, 1.807) is 4.90 Å². The van der Waals surface area contributed by atoms with Crippen molar-refractivity contribution >= 4 is 11.9 Å². The Balaban J connectivity index is 2.05. The van der Waals surface area contributed by atoms with Gasteiger partial charge in [-0.3, -0.25) is 14.3 Å². The van der Waals surface area contributed by atoms with Crippen LogP contribution < -0.4 is 0 Å². The second-order valence-electron chi connectivity index (χ2n) is 6.94. The van der Waals surface area contributed by atoms with Crippen LogP contribution in [-0.4, -0.2) is 57.5 Å². The molecule has 0 saturated carbocycles. The van der Waals surface area contributed by atoms with Crippen molar-refractivity contribution in [2.75, 3.05) is 19.7 Å². The molecule has 2 rings (SSSR count). The van der Waals surface area contributed by atoms with Crippen molar-refractivity contribution in [3.05, 3.63) is 17.0 Å². The van der Waals surface area contributed by atoms with Gasteiger partial charge in [-0.25, -0.2) is 0 Å². The highest BCUT2D eigenvalue weighted by atomic mass is 16.5. The summed E-state index contributed by atoms with van der Waals surface area (Å²) in [6.07, 6.45) is 2.50. The zero-order chi connectivity index (χ0) is 18.6. The van der Waals surface area contributed by atoms with Gasteiger partial charge in [0.25, 0.3) is 0 Å². The molecule has 1 aromatic rings. The van der Waals surface area contributed by atoms with E-state index in [0.717, 1.165) is 36.4 Å². The third kappa shape index (κ3) is 5.04. The lowest BCUT2D eigenvalue weighted by Crippen LogP contribution is -2.42. The van der Waals surface area contributed by atoms with Crippen LogP contribution in [0.5, 0.6) is 0 Å². The van der Waals surface area contributed by atoms with Crippen LogP contribution in [0.15, 0.2) is 0 Å². The Labute approximate surface area is 148 Å². The predicted octanol–water partition coefficient (Wildman–Crippen LogP) is 1.70. The highest BCUT2D eigenvalue weighted by Gasteiger charge is 2.27. The lowest BCUT2D eigenvalue weighted by molar-refractivity contribution is -0.140. The molecule has 1 amide bonds. The van der Waals surface area contributed by atoms with Gasteiger partial charge < -0.3 is 14.7 Å². The van der Waals surface area contributed by atoms with Crippen molar-refractivity contribution in [1.29, 1.82) is 0 Å². The maximum Gasteiger partial charge on any atom is 0.305 e. The molecule has 1 N–H and O–H groups in total. The molecule has 1 aromatic heterocycles. The summed E-state index contributed by atoms with van der Waals surface area (Å²) in [6, 6.07) is 0. The molecule has 25 heavy (non-hydrogen) atoms. The Hall–Kier alpha value is -1.89. The highest BCUT2D eigenvalue weighted by Crippen LogP contribution is 2.20. The lowest BCUT2D eigenvalue weighted by Gasteiger charge is -2.27. The minimum Gasteiger partial charge on any atom is -0.481 e. The van der Waals surface area contributed by atoms with Crippen molar-refractivity contribution in [2.45, 2.75) is 52.6 Å². The number of aliphatic carboxylic acids is 1. The van der Waals surface area contributed by atoms with Gasteiger partial charge in [0.15, 0.2) is 0 Å². The van der Waals surface area contributed by atoms with Crippen LogP contribution in [0.4, 0.5) is 0 Å². The van der Waals surface area contributed by atoms with Gasteiger partial charge in [-0.1, -0.05) is 6.92 Å². The van der Waals surface area contributed by atoms with Gasteiger partial charge in [0, 0.05) is 38.4 Å². The van der Waals surface area contributed by atoms with Crippen LogP contribution in [0, 0.1) is 19.8 Å². The molecule has 1 saturated heterocycles. The van der Waals surface area contributed by atoms with E-state index in [9.17, 15) is 9.59 Å². The van der Waals surface area contributed by atoms with E-state index in [-0.39, 0.29) is 30.9 Å². The third-order valence-corrected chi connectivity index (χ3v) is 4.95. The Morgan fingerprint density at radius 2 is 2.16 bits per heavy atom. The molecule has 140 valence electrons. The first-order valence-electron chi connectivity index (χ1n) is 8.90. The molecule has 1 aliphatic rings. The molecule has 2 atom stereocenters. The topological polar surface area (TPSA) is 84.7 Å². The number of rotatable bonds is 8. The van der Waals surface area contributed by atoms with Crippen LogP contribution in [0.2, 0.25) is 0 Å². The molecule has 7 heteroatoms. The van der Waals surface area contributed by atoms with Crippen LogP contribution in [0.3, 0.4) is 0 Å². The molecule has 7 nitrogen and oxygen atoms in total. The highest BCUT2D eigenvalue weighted by molar-refractivity contribution is 5.79. The maximum absolute atomic E-state index is 12.9. The summed E-state index contributed by atoms with van der Waals surface area (Å²) in [7, 11) is 1.90. The monoisotopic (exact) mass is 351 g/mol. The van der Waals surface area contributed by atoms with E-state index in [1.807, 2.05) is 32.5 Å². The van der Waals surface area contributed by atoms with Crippen LogP contribution in [0.1, 0.15) is 43.1 Å². The SMILES string of the molecule is Cc1nn(C)c(C)c1C[C@@H](C)C(=O)N(CCC(=O)O)C[C@@H]1CCCO1. The van der Waals surface area contributed by atoms with E-state index < -0.39 is 5.97 Å². The van der Waals surface area contributed by atoms with Gasteiger partial charge >= 0.3 is 5.97 Å². The molecule has 0 aliphatic carbocycles. The largest absolute Gasteiger partial charge is 0.481 e. The minimum atomic E-state index is -0.892. The Morgan fingerprint density at radius 1 is 1.44 bits per heavy atom. The van der Waals surface area contributed by atoms with Crippen LogP contribution in [0.25, 0.3) is 0 Å². The number of carbonyl (C=O) groups excluding carboxylic acids is 1. The smallest absolute Gasteiger partial charge is 0.305 e. The number of hydrogen-bond acceptors (Lipinski definition) is 4. The number of nitrogens with zero attached hydrogens (tertiary/aromatic N) is 3. The molecule has 2 heterocycles. The number of carboxylic acids is 1. The summed E-state index contributed by atoms with van der Waals surface area (Å²) in [5, 5.41) is 13.4. The first kappa shape index (κ1) is 19.4. The number of ether oxygens (including phenoxy) is 1. The molecule has 0 spiro atoms. The molecule has 0 unspecified atom stereocenters. The minimum absolute atomic E-state index is 0.0144. The quantitative estimate of drug-likeness (QED) is 0.770. The summed E-state index contributed by atoms with van der Waals surface area (Å²) in [6.45, 7) is 7.27. The molecule has 1 fully saturated rings. The number of hydrogen-bond donors (Lipinski definition) is 1. The molecular weight excluding hydrogens is 322 g/mol. The van der Waals surface area contributed by atoms with Gasteiger partial charge in [0.05, 0.1) is 18.2 Å². The number of carbonyl (C=O) groups is 2. The fourth-order valence-corrected chi connectivity index (χ4v) is 3.37. The standard InChI is InChI=1S/C18H29N3O4/c1-12(10-16-13(2)19-20(4)14(16)3)18(24)21(8-7-17(22)23)11-15-6-5-9-25-15/h12,15H,5-11H2,1-4H3,(H,22,23)/t12-,15+/m1/s1. The predicted molar refractivity (Wildman–Crippen MR) is 93.4 cm³/mol. The fraction of sp³-hybridized carbons (Fsp3) is 0.722. The Kier molecular flexibility index (Phi) is 6.58. The summed E-state index contributed by atoms with van der Waals surface area (Å²) in [5.41, 5.74) is 3.10. The fourth-order valence-electron chi connectivity index (χ4n) is 3.37. The van der Waals surface area contributed by atoms with Crippen molar-refractivity contribution < 1.29 is 19.4 Å². The normalized spacial score (nSPS) is 18.3. The first-order valence-corrected chi connectivity index (χ1v) is 8.90. The van der Waals surface area contributed by atoms with Gasteiger partial charge in [-0.15, -0.1) is 0 Å². The van der Waals surface area contributed by atoms with Crippen molar-refractivity contribution in [3.63, 3.8) is 0 Å². The van der Waals surface area contributed by atoms with E-state index >= 15 is 0 Å². The van der Waals surface area contributed by atoms with Gasteiger partial charge in [-0.05, 0) is 38.7 Å². The van der Waals surface area contributed by atoms with Crippen molar-refractivity contribution in [2.24, 2.45) is 13.0 Å². The molecule has 0 bridgehead atoms. The maximum atomic E-state index is 12.9. The Morgan fingerprint density at radius 3 is 2.68 bits per heavy atom. The third-order valence-electron chi connectivity index (χ3n) is 4.95. The second-order valence-corrected chi connectivity index (χ2v) is 6.94. The van der Waals surface area contributed by atoms with Crippen molar-refractivity contribution in [3.8, 4) is 0 Å². The van der Waals surface area contributed by atoms with Gasteiger partial charge in [0.1, 0.15) is 0 Å². The lowest BCUT2D eigenvalue weighted by atomic mass is 9.98. The zero-order valence-electron chi connectivity index (χ0n) is 15.6. The first-order chi connectivity index (χ1) is 11.8. The number of aryl methyl sites for hydroxylation is 2.